The van der Waals surface area contributed by atoms with Crippen LogP contribution < -0.4 is 0 Å². The molecule has 0 N–H and O–H groups in total. The first-order valence-electron chi connectivity index (χ1n) is 6.54. The third-order valence-electron chi connectivity index (χ3n) is 3.35. The minimum atomic E-state index is -4.65. The number of halogens is 3. The van der Waals surface area contributed by atoms with E-state index in [1.807, 2.05) is 0 Å². The molecule has 4 nitrogen and oxygen atoms in total. The van der Waals surface area contributed by atoms with Crippen LogP contribution in [0.4, 0.5) is 13.2 Å². The van der Waals surface area contributed by atoms with Gasteiger partial charge in [-0.2, -0.15) is 29.9 Å². The molecule has 1 aliphatic rings. The van der Waals surface area contributed by atoms with E-state index in [4.69, 9.17) is 0 Å². The monoisotopic (exact) mass is 328 g/mol. The molecule has 116 valence electrons. The average molecular weight is 328 g/mol. The highest BCUT2D eigenvalue weighted by Crippen LogP contribution is 2.30. The molecule has 2 aromatic rings. The number of aromatic nitrogens is 2. The fourth-order valence-electron chi connectivity index (χ4n) is 1.99. The Labute approximate surface area is 128 Å². The topological polar surface area (TPSA) is 56.0 Å². The van der Waals surface area contributed by atoms with Crippen molar-refractivity contribution in [3.8, 4) is 11.4 Å². The lowest BCUT2D eigenvalue weighted by molar-refractivity contribution is -0.159. The summed E-state index contributed by atoms with van der Waals surface area (Å²) in [5, 5.41) is 3.32. The van der Waals surface area contributed by atoms with Crippen molar-refractivity contribution in [1.82, 2.24) is 10.1 Å². The van der Waals surface area contributed by atoms with Gasteiger partial charge in [-0.05, 0) is 5.56 Å². The molecule has 0 aliphatic carbocycles. The van der Waals surface area contributed by atoms with Gasteiger partial charge in [0.15, 0.2) is 0 Å². The normalized spacial score (nSPS) is 15.6. The lowest BCUT2D eigenvalue weighted by Gasteiger charge is -2.23. The Morgan fingerprint density at radius 1 is 1.27 bits per heavy atom. The second-order valence-corrected chi connectivity index (χ2v) is 6.07. The fraction of sp³-hybridized carbons (Fsp3) is 0.357. The van der Waals surface area contributed by atoms with Crippen LogP contribution in [0.25, 0.3) is 11.4 Å². The predicted molar refractivity (Wildman–Crippen MR) is 74.3 cm³/mol. The summed E-state index contributed by atoms with van der Waals surface area (Å²) in [7, 11) is 0. The van der Waals surface area contributed by atoms with Crippen LogP contribution in [0.3, 0.4) is 0 Å². The first-order valence-corrected chi connectivity index (χ1v) is 7.69. The smallest absolute Gasteiger partial charge is 0.329 e. The summed E-state index contributed by atoms with van der Waals surface area (Å²) < 4.78 is 41.4. The number of hydrogen-bond donors (Lipinski definition) is 0. The zero-order valence-electron chi connectivity index (χ0n) is 11.3. The molecule has 8 heteroatoms. The van der Waals surface area contributed by atoms with Gasteiger partial charge in [-0.15, -0.1) is 0 Å². The van der Waals surface area contributed by atoms with Crippen LogP contribution in [0.5, 0.6) is 0 Å². The van der Waals surface area contributed by atoms with Gasteiger partial charge in [0.25, 0.3) is 0 Å². The van der Waals surface area contributed by atoms with Crippen LogP contribution in [0.15, 0.2) is 28.8 Å². The molecule has 1 aliphatic heterocycles. The first-order chi connectivity index (χ1) is 10.4. The quantitative estimate of drug-likeness (QED) is 0.862. The van der Waals surface area contributed by atoms with Crippen molar-refractivity contribution in [2.45, 2.75) is 12.6 Å². The highest BCUT2D eigenvalue weighted by molar-refractivity contribution is 8.00. The maximum atomic E-state index is 12.4. The summed E-state index contributed by atoms with van der Waals surface area (Å²) >= 11 is 1.75. The summed E-state index contributed by atoms with van der Waals surface area (Å²) in [6.45, 7) is 0. The summed E-state index contributed by atoms with van der Waals surface area (Å²) in [5.41, 5.74) is 1.24. The van der Waals surface area contributed by atoms with Crippen LogP contribution in [-0.4, -0.2) is 27.4 Å². The van der Waals surface area contributed by atoms with Gasteiger partial charge in [0.1, 0.15) is 5.78 Å². The van der Waals surface area contributed by atoms with Gasteiger partial charge in [0, 0.05) is 29.4 Å². The molecule has 0 radical (unpaired) electrons. The average Bonchev–Trinajstić information content (AvgIpc) is 2.86. The SMILES string of the molecule is O=C(Cc1ccc(-c2noc(C(F)(F)F)n2)cc1)C1CSC1. The minimum absolute atomic E-state index is 0.124. The van der Waals surface area contributed by atoms with Gasteiger partial charge in [0.05, 0.1) is 0 Å². The first kappa shape index (κ1) is 15.1. The molecule has 1 saturated heterocycles. The van der Waals surface area contributed by atoms with Crippen molar-refractivity contribution in [2.75, 3.05) is 11.5 Å². The molecule has 0 amide bonds. The van der Waals surface area contributed by atoms with E-state index < -0.39 is 12.1 Å². The van der Waals surface area contributed by atoms with Gasteiger partial charge >= 0.3 is 12.1 Å². The van der Waals surface area contributed by atoms with Gasteiger partial charge in [-0.3, -0.25) is 4.79 Å². The molecule has 1 aromatic carbocycles. The van der Waals surface area contributed by atoms with E-state index in [9.17, 15) is 18.0 Å². The molecule has 3 rings (SSSR count). The summed E-state index contributed by atoms with van der Waals surface area (Å²) in [6.07, 6.45) is -4.32. The zero-order valence-corrected chi connectivity index (χ0v) is 12.1. The second kappa shape index (κ2) is 5.75. The maximum Gasteiger partial charge on any atom is 0.471 e. The number of thioether (sulfide) groups is 1. The van der Waals surface area contributed by atoms with E-state index >= 15 is 0 Å². The molecule has 0 spiro atoms. The van der Waals surface area contributed by atoms with Crippen LogP contribution >= 0.6 is 11.8 Å². The van der Waals surface area contributed by atoms with Crippen molar-refractivity contribution < 1.29 is 22.5 Å². The van der Waals surface area contributed by atoms with Crippen LogP contribution in [0, 0.1) is 5.92 Å². The van der Waals surface area contributed by atoms with Crippen LogP contribution in [-0.2, 0) is 17.4 Å². The summed E-state index contributed by atoms with van der Waals surface area (Å²) in [6, 6.07) is 6.57. The number of hydrogen-bond acceptors (Lipinski definition) is 5. The molecule has 0 saturated carbocycles. The maximum absolute atomic E-state index is 12.4. The van der Waals surface area contributed by atoms with Crippen molar-refractivity contribution in [1.29, 1.82) is 0 Å². The van der Waals surface area contributed by atoms with E-state index in [2.05, 4.69) is 14.7 Å². The Bertz CT molecular complexity index is 678. The van der Waals surface area contributed by atoms with Crippen molar-refractivity contribution >= 4 is 17.5 Å². The molecule has 1 aromatic heterocycles. The second-order valence-electron chi connectivity index (χ2n) is 5.00. The van der Waals surface area contributed by atoms with Gasteiger partial charge < -0.3 is 4.52 Å². The third kappa shape index (κ3) is 3.16. The van der Waals surface area contributed by atoms with Crippen molar-refractivity contribution in [3.05, 3.63) is 35.7 Å². The van der Waals surface area contributed by atoms with Gasteiger partial charge in [-0.25, -0.2) is 0 Å². The highest BCUT2D eigenvalue weighted by atomic mass is 32.2. The number of carbonyl (C=O) groups is 1. The van der Waals surface area contributed by atoms with Crippen LogP contribution in [0.2, 0.25) is 0 Å². The number of nitrogens with zero attached hydrogens (tertiary/aromatic N) is 2. The van der Waals surface area contributed by atoms with E-state index in [1.54, 1.807) is 36.0 Å². The van der Waals surface area contributed by atoms with E-state index in [1.165, 1.54) is 0 Å². The molecule has 1 fully saturated rings. The highest BCUT2D eigenvalue weighted by Gasteiger charge is 2.38. The molecule has 0 unspecified atom stereocenters. The molecular formula is C14H11F3N2O2S. The standard InChI is InChI=1S/C14H11F3N2O2S/c15-14(16,17)13-18-12(19-21-13)9-3-1-8(2-4-9)5-11(20)10-6-22-7-10/h1-4,10H,5-7H2. The lowest BCUT2D eigenvalue weighted by atomic mass is 9.99. The van der Waals surface area contributed by atoms with E-state index in [-0.39, 0.29) is 17.5 Å². The number of Topliss-reactive ketones (excluding diaryl/α,β-unsaturated/α-hetero) is 1. The number of rotatable bonds is 4. The Morgan fingerprint density at radius 2 is 1.95 bits per heavy atom. The number of carbonyl (C=O) groups excluding carboxylic acids is 1. The van der Waals surface area contributed by atoms with Crippen LogP contribution in [0.1, 0.15) is 11.5 Å². The Morgan fingerprint density at radius 3 is 2.45 bits per heavy atom. The number of alkyl halides is 3. The summed E-state index contributed by atoms with van der Waals surface area (Å²) in [5.74, 6) is 0.589. The molecule has 0 bridgehead atoms. The van der Waals surface area contributed by atoms with Gasteiger partial charge in [0.2, 0.25) is 5.82 Å². The zero-order chi connectivity index (χ0) is 15.7. The van der Waals surface area contributed by atoms with Gasteiger partial charge in [-0.1, -0.05) is 29.4 Å². The largest absolute Gasteiger partial charge is 0.471 e. The molecule has 0 atom stereocenters. The number of ketones is 1. The minimum Gasteiger partial charge on any atom is -0.329 e. The molecule has 22 heavy (non-hydrogen) atoms. The Balaban J connectivity index is 1.71. The lowest BCUT2D eigenvalue weighted by Crippen LogP contribution is -2.28. The predicted octanol–water partition coefficient (Wildman–Crippen LogP) is 3.23. The summed E-state index contributed by atoms with van der Waals surface area (Å²) in [4.78, 5) is 15.2. The van der Waals surface area contributed by atoms with Crippen molar-refractivity contribution in [3.63, 3.8) is 0 Å². The van der Waals surface area contributed by atoms with Crippen molar-refractivity contribution in [2.24, 2.45) is 5.92 Å². The molecule has 2 heterocycles. The van der Waals surface area contributed by atoms with E-state index in [0.717, 1.165) is 17.1 Å². The van der Waals surface area contributed by atoms with E-state index in [0.29, 0.717) is 12.0 Å². The number of benzene rings is 1. The Hall–Kier alpha value is -1.83. The third-order valence-corrected chi connectivity index (χ3v) is 4.63. The Kier molecular flexibility index (Phi) is 3.94. The molecular weight excluding hydrogens is 317 g/mol. The fourth-order valence-corrected chi connectivity index (χ4v) is 2.84.